The molecule has 5 nitrogen and oxygen atoms in total. The molecule has 0 spiro atoms. The van der Waals surface area contributed by atoms with Crippen LogP contribution < -0.4 is 5.32 Å². The van der Waals surface area contributed by atoms with Crippen LogP contribution in [-0.4, -0.2) is 36.2 Å². The second-order valence-corrected chi connectivity index (χ2v) is 7.33. The Balaban J connectivity index is 1.63. The van der Waals surface area contributed by atoms with E-state index in [1.54, 1.807) is 18.2 Å². The third kappa shape index (κ3) is 4.02. The molecular formula is C17H19Cl2NO4. The molecule has 1 aliphatic carbocycles. The molecule has 1 aliphatic heterocycles. The largest absolute Gasteiger partial charge is 0.480 e. The lowest BCUT2D eigenvalue weighted by Gasteiger charge is -2.28. The van der Waals surface area contributed by atoms with E-state index in [4.69, 9.17) is 27.9 Å². The van der Waals surface area contributed by atoms with Crippen molar-refractivity contribution in [3.63, 3.8) is 0 Å². The number of hydrogen-bond acceptors (Lipinski definition) is 3. The molecule has 0 bridgehead atoms. The lowest BCUT2D eigenvalue weighted by molar-refractivity contribution is -0.145. The number of nitrogens with one attached hydrogen (secondary N) is 1. The predicted molar refractivity (Wildman–Crippen MR) is 90.4 cm³/mol. The van der Waals surface area contributed by atoms with Crippen LogP contribution in [0.3, 0.4) is 0 Å². The van der Waals surface area contributed by atoms with E-state index in [0.717, 1.165) is 18.4 Å². The number of carbonyl (C=O) groups excluding carboxylic acids is 1. The summed E-state index contributed by atoms with van der Waals surface area (Å²) >= 11 is 12.0. The van der Waals surface area contributed by atoms with Crippen molar-refractivity contribution in [3.8, 4) is 0 Å². The molecule has 1 heterocycles. The number of ether oxygens (including phenoxy) is 1. The maximum Gasteiger partial charge on any atom is 0.326 e. The first kappa shape index (κ1) is 17.5. The van der Waals surface area contributed by atoms with Crippen LogP contribution in [-0.2, 0) is 14.3 Å². The van der Waals surface area contributed by atoms with Gasteiger partial charge in [0, 0.05) is 28.5 Å². The fraction of sp³-hybridized carbons (Fsp3) is 0.529. The summed E-state index contributed by atoms with van der Waals surface area (Å²) in [6.07, 6.45) is 2.24. The molecule has 1 saturated carbocycles. The third-order valence-corrected chi connectivity index (χ3v) is 5.11. The van der Waals surface area contributed by atoms with Crippen molar-refractivity contribution in [1.29, 1.82) is 0 Å². The number of halogens is 2. The lowest BCUT2D eigenvalue weighted by atomic mass is 9.93. The van der Waals surface area contributed by atoms with Gasteiger partial charge in [-0.05, 0) is 48.9 Å². The molecule has 4 unspecified atom stereocenters. The zero-order valence-electron chi connectivity index (χ0n) is 13.0. The van der Waals surface area contributed by atoms with Crippen LogP contribution in [0.15, 0.2) is 18.2 Å². The van der Waals surface area contributed by atoms with Gasteiger partial charge < -0.3 is 15.2 Å². The molecule has 1 aromatic rings. The molecule has 4 atom stereocenters. The van der Waals surface area contributed by atoms with Crippen LogP contribution in [0.2, 0.25) is 10.0 Å². The Morgan fingerprint density at radius 3 is 2.54 bits per heavy atom. The van der Waals surface area contributed by atoms with Crippen molar-refractivity contribution in [2.75, 3.05) is 13.2 Å². The van der Waals surface area contributed by atoms with Crippen molar-refractivity contribution in [3.05, 3.63) is 33.8 Å². The minimum absolute atomic E-state index is 0.0400. The van der Waals surface area contributed by atoms with Gasteiger partial charge in [0.2, 0.25) is 5.91 Å². The summed E-state index contributed by atoms with van der Waals surface area (Å²) in [5, 5.41) is 13.2. The Kier molecular flexibility index (Phi) is 5.33. The molecule has 1 amide bonds. The van der Waals surface area contributed by atoms with Crippen LogP contribution >= 0.6 is 23.2 Å². The molecule has 7 heteroatoms. The molecule has 2 N–H and O–H groups in total. The minimum atomic E-state index is -1.01. The number of benzene rings is 1. The summed E-state index contributed by atoms with van der Waals surface area (Å²) in [6.45, 7) is 1.02. The molecule has 3 rings (SSSR count). The molecule has 0 aromatic heterocycles. The van der Waals surface area contributed by atoms with Crippen LogP contribution in [0.5, 0.6) is 0 Å². The second kappa shape index (κ2) is 7.30. The van der Waals surface area contributed by atoms with E-state index in [2.05, 4.69) is 5.32 Å². The topological polar surface area (TPSA) is 75.6 Å². The molecule has 2 aliphatic rings. The average Bonchev–Trinajstić information content (AvgIpc) is 3.32. The average molecular weight is 372 g/mol. The third-order valence-electron chi connectivity index (χ3n) is 4.67. The SMILES string of the molecule is O=C(NC(C(=O)O)C1CCCOC1)C1CC1c1cc(Cl)cc(Cl)c1. The number of carboxylic acids is 1. The van der Waals surface area contributed by atoms with Gasteiger partial charge in [-0.2, -0.15) is 0 Å². The van der Waals surface area contributed by atoms with Gasteiger partial charge in [0.15, 0.2) is 0 Å². The van der Waals surface area contributed by atoms with Crippen molar-refractivity contribution >= 4 is 35.1 Å². The highest BCUT2D eigenvalue weighted by molar-refractivity contribution is 6.34. The van der Waals surface area contributed by atoms with E-state index in [1.165, 1.54) is 0 Å². The zero-order valence-corrected chi connectivity index (χ0v) is 14.5. The Labute approximate surface area is 150 Å². The zero-order chi connectivity index (χ0) is 17.3. The van der Waals surface area contributed by atoms with Gasteiger partial charge in [-0.3, -0.25) is 4.79 Å². The van der Waals surface area contributed by atoms with E-state index < -0.39 is 12.0 Å². The van der Waals surface area contributed by atoms with Crippen LogP contribution in [0.4, 0.5) is 0 Å². The van der Waals surface area contributed by atoms with Crippen LogP contribution in [0.25, 0.3) is 0 Å². The highest BCUT2D eigenvalue weighted by atomic mass is 35.5. The summed E-state index contributed by atoms with van der Waals surface area (Å²) in [7, 11) is 0. The van der Waals surface area contributed by atoms with Gasteiger partial charge in [0.25, 0.3) is 0 Å². The normalized spacial score (nSPS) is 27.3. The summed E-state index contributed by atoms with van der Waals surface area (Å²) in [5.41, 5.74) is 0.917. The summed E-state index contributed by atoms with van der Waals surface area (Å²) in [5.74, 6) is -1.61. The monoisotopic (exact) mass is 371 g/mol. The first-order chi connectivity index (χ1) is 11.5. The Morgan fingerprint density at radius 1 is 1.25 bits per heavy atom. The predicted octanol–water partition coefficient (Wildman–Crippen LogP) is 3.09. The number of amides is 1. The fourth-order valence-electron chi connectivity index (χ4n) is 3.31. The Morgan fingerprint density at radius 2 is 1.96 bits per heavy atom. The lowest BCUT2D eigenvalue weighted by Crippen LogP contribution is -2.49. The van der Waals surface area contributed by atoms with E-state index in [9.17, 15) is 14.7 Å². The summed E-state index contributed by atoms with van der Waals surface area (Å²) in [6, 6.07) is 4.35. The second-order valence-electron chi connectivity index (χ2n) is 6.45. The van der Waals surface area contributed by atoms with Crippen molar-refractivity contribution in [2.45, 2.75) is 31.2 Å². The summed E-state index contributed by atoms with van der Waals surface area (Å²) in [4.78, 5) is 23.9. The minimum Gasteiger partial charge on any atom is -0.480 e. The van der Waals surface area contributed by atoms with Crippen molar-refractivity contribution < 1.29 is 19.4 Å². The highest BCUT2D eigenvalue weighted by Crippen LogP contribution is 2.48. The number of carbonyl (C=O) groups is 2. The van der Waals surface area contributed by atoms with E-state index in [0.29, 0.717) is 29.7 Å². The standard InChI is InChI=1S/C17H19Cl2NO4/c18-11-4-10(5-12(19)6-11)13-7-14(13)16(21)20-15(17(22)23)9-2-1-3-24-8-9/h4-6,9,13-15H,1-3,7-8H2,(H,20,21)(H,22,23). The summed E-state index contributed by atoms with van der Waals surface area (Å²) < 4.78 is 5.34. The number of rotatable bonds is 5. The van der Waals surface area contributed by atoms with Gasteiger partial charge in [-0.1, -0.05) is 23.2 Å². The van der Waals surface area contributed by atoms with Gasteiger partial charge in [0.05, 0.1) is 6.61 Å². The maximum absolute atomic E-state index is 12.4. The maximum atomic E-state index is 12.4. The molecule has 130 valence electrons. The van der Waals surface area contributed by atoms with Crippen molar-refractivity contribution in [1.82, 2.24) is 5.32 Å². The number of hydrogen-bond donors (Lipinski definition) is 2. The quantitative estimate of drug-likeness (QED) is 0.833. The molecule has 0 radical (unpaired) electrons. The van der Waals surface area contributed by atoms with Crippen LogP contribution in [0.1, 0.15) is 30.7 Å². The Hall–Kier alpha value is -1.30. The number of aliphatic carboxylic acids is 1. The smallest absolute Gasteiger partial charge is 0.326 e. The number of carboxylic acid groups (broad SMARTS) is 1. The van der Waals surface area contributed by atoms with Gasteiger partial charge >= 0.3 is 5.97 Å². The van der Waals surface area contributed by atoms with Gasteiger partial charge in [-0.25, -0.2) is 4.79 Å². The van der Waals surface area contributed by atoms with Crippen LogP contribution in [0, 0.1) is 11.8 Å². The first-order valence-corrected chi connectivity index (χ1v) is 8.78. The molecular weight excluding hydrogens is 353 g/mol. The Bertz CT molecular complexity index is 625. The van der Waals surface area contributed by atoms with E-state index in [-0.39, 0.29) is 23.7 Å². The molecule has 2 fully saturated rings. The van der Waals surface area contributed by atoms with Crippen molar-refractivity contribution in [2.24, 2.45) is 11.8 Å². The van der Waals surface area contributed by atoms with E-state index in [1.807, 2.05) is 0 Å². The van der Waals surface area contributed by atoms with Gasteiger partial charge in [0.1, 0.15) is 6.04 Å². The van der Waals surface area contributed by atoms with E-state index >= 15 is 0 Å². The molecule has 1 aromatic carbocycles. The molecule has 24 heavy (non-hydrogen) atoms. The first-order valence-electron chi connectivity index (χ1n) is 8.02. The molecule has 1 saturated heterocycles. The highest BCUT2D eigenvalue weighted by Gasteiger charge is 2.45. The fourth-order valence-corrected chi connectivity index (χ4v) is 3.86. The van der Waals surface area contributed by atoms with Gasteiger partial charge in [-0.15, -0.1) is 0 Å².